The van der Waals surface area contributed by atoms with Crippen LogP contribution in [0.5, 0.6) is 0 Å². The number of morpholine rings is 1. The smallest absolute Gasteiger partial charge is 0.308 e. The first-order chi connectivity index (χ1) is 31.5. The van der Waals surface area contributed by atoms with Gasteiger partial charge in [-0.25, -0.2) is 0 Å². The summed E-state index contributed by atoms with van der Waals surface area (Å²) in [4.78, 5) is 102. The highest BCUT2D eigenvalue weighted by Crippen LogP contribution is 2.30. The van der Waals surface area contributed by atoms with Gasteiger partial charge in [0.05, 0.1) is 45.4 Å². The summed E-state index contributed by atoms with van der Waals surface area (Å²) in [6, 6.07) is 14.2. The summed E-state index contributed by atoms with van der Waals surface area (Å²) in [5.41, 5.74) is 0.672. The Bertz CT molecular complexity index is 1960. The van der Waals surface area contributed by atoms with Gasteiger partial charge in [-0.15, -0.1) is 6.42 Å². The highest BCUT2D eigenvalue weighted by atomic mass is 16.6. The van der Waals surface area contributed by atoms with Crippen LogP contribution in [-0.2, 0) is 60.6 Å². The maximum atomic E-state index is 14.8. The Balaban J connectivity index is 1.63. The molecule has 0 unspecified atom stereocenters. The Morgan fingerprint density at radius 3 is 1.95 bits per heavy atom. The van der Waals surface area contributed by atoms with Gasteiger partial charge in [0.2, 0.25) is 29.5 Å². The highest BCUT2D eigenvalue weighted by Gasteiger charge is 2.50. The van der Waals surface area contributed by atoms with Crippen LogP contribution in [0.15, 0.2) is 60.7 Å². The summed E-state index contributed by atoms with van der Waals surface area (Å²) >= 11 is 0. The van der Waals surface area contributed by atoms with Crippen molar-refractivity contribution in [3.05, 3.63) is 71.8 Å². The van der Waals surface area contributed by atoms with Crippen LogP contribution in [-0.4, -0.2) is 146 Å². The maximum absolute atomic E-state index is 14.8. The second-order valence-electron chi connectivity index (χ2n) is 18.2. The molecule has 0 bridgehead atoms. The molecule has 360 valence electrons. The highest BCUT2D eigenvalue weighted by molar-refractivity contribution is 5.99. The van der Waals surface area contributed by atoms with E-state index in [1.54, 1.807) is 6.92 Å². The molecule has 2 fully saturated rings. The van der Waals surface area contributed by atoms with E-state index in [1.807, 2.05) is 93.3 Å². The van der Waals surface area contributed by atoms with Crippen molar-refractivity contribution in [1.82, 2.24) is 30.7 Å². The molecule has 0 saturated carbocycles. The molecule has 4 rings (SSSR count). The molecule has 2 aliphatic rings. The SMILES string of the molecule is C#CCN(C)C(=O)CCC(=O)OCN(C(=O)CN1CCOCC1)[C@@H](CCc1ccccc1)C(=O)N[C@@H](CC(C)C)C(=O)N[C@@H](Cc1ccccc1)C(=O)N[C@@H](CCC(C)C)C(=O)[C@@]1(C)CO1. The molecule has 2 aromatic rings. The maximum Gasteiger partial charge on any atom is 0.308 e. The number of amides is 5. The van der Waals surface area contributed by atoms with Crippen molar-refractivity contribution in [3.63, 3.8) is 0 Å². The number of Topliss-reactive ketones (excluding diaryl/α,β-unsaturated/α-hetero) is 1. The third-order valence-corrected chi connectivity index (χ3v) is 11.7. The Morgan fingerprint density at radius 2 is 1.36 bits per heavy atom. The number of nitrogens with one attached hydrogen (secondary N) is 3. The average Bonchev–Trinajstić information content (AvgIpc) is 4.05. The number of esters is 1. The lowest BCUT2D eigenvalue weighted by atomic mass is 9.93. The molecular weight excluding hydrogens is 845 g/mol. The number of hydrogen-bond acceptors (Lipinski definition) is 11. The first-order valence-corrected chi connectivity index (χ1v) is 23.1. The number of nitrogens with zero attached hydrogens (tertiary/aromatic N) is 3. The van der Waals surface area contributed by atoms with Crippen molar-refractivity contribution < 1.29 is 47.8 Å². The number of ether oxygens (including phenoxy) is 3. The molecule has 2 aliphatic heterocycles. The minimum Gasteiger partial charge on any atom is -0.444 e. The van der Waals surface area contributed by atoms with E-state index in [0.29, 0.717) is 45.6 Å². The van der Waals surface area contributed by atoms with E-state index in [4.69, 9.17) is 20.6 Å². The van der Waals surface area contributed by atoms with Crippen LogP contribution in [0.25, 0.3) is 0 Å². The van der Waals surface area contributed by atoms with Gasteiger partial charge in [-0.1, -0.05) is 94.3 Å². The Morgan fingerprint density at radius 1 is 0.773 bits per heavy atom. The van der Waals surface area contributed by atoms with Crippen LogP contribution in [0, 0.1) is 24.2 Å². The summed E-state index contributed by atoms with van der Waals surface area (Å²) < 4.78 is 16.6. The Labute approximate surface area is 390 Å². The van der Waals surface area contributed by atoms with Crippen molar-refractivity contribution in [1.29, 1.82) is 0 Å². The molecule has 5 amide bonds. The summed E-state index contributed by atoms with van der Waals surface area (Å²) in [5.74, 6) is -1.13. The second kappa shape index (κ2) is 26.5. The van der Waals surface area contributed by atoms with E-state index in [0.717, 1.165) is 11.1 Å². The van der Waals surface area contributed by atoms with E-state index >= 15 is 0 Å². The Hall–Kier alpha value is -5.63. The van der Waals surface area contributed by atoms with Crippen LogP contribution in [0.2, 0.25) is 0 Å². The third kappa shape index (κ3) is 17.6. The van der Waals surface area contributed by atoms with Gasteiger partial charge in [-0.05, 0) is 62.0 Å². The van der Waals surface area contributed by atoms with Gasteiger partial charge in [0.1, 0.15) is 23.7 Å². The van der Waals surface area contributed by atoms with E-state index < -0.39 is 66.1 Å². The van der Waals surface area contributed by atoms with Gasteiger partial charge in [0.25, 0.3) is 0 Å². The largest absolute Gasteiger partial charge is 0.444 e. The van der Waals surface area contributed by atoms with Crippen molar-refractivity contribution >= 4 is 41.3 Å². The minimum atomic E-state index is -1.22. The predicted molar refractivity (Wildman–Crippen MR) is 248 cm³/mol. The van der Waals surface area contributed by atoms with Crippen molar-refractivity contribution in [3.8, 4) is 12.3 Å². The quantitative estimate of drug-likeness (QED) is 0.0516. The number of carbonyl (C=O) groups is 7. The van der Waals surface area contributed by atoms with Crippen molar-refractivity contribution in [2.24, 2.45) is 11.8 Å². The van der Waals surface area contributed by atoms with Crippen molar-refractivity contribution in [2.75, 3.05) is 59.8 Å². The lowest BCUT2D eigenvalue weighted by molar-refractivity contribution is -0.160. The zero-order valence-electron chi connectivity index (χ0n) is 39.6. The molecule has 0 spiro atoms. The average molecular weight is 915 g/mol. The van der Waals surface area contributed by atoms with Crippen LogP contribution in [0.3, 0.4) is 0 Å². The molecule has 2 aromatic carbocycles. The van der Waals surface area contributed by atoms with Crippen LogP contribution in [0.4, 0.5) is 0 Å². The first kappa shape index (κ1) is 53.0. The van der Waals surface area contributed by atoms with Gasteiger partial charge in [0, 0.05) is 33.0 Å². The monoisotopic (exact) mass is 915 g/mol. The van der Waals surface area contributed by atoms with Gasteiger partial charge in [0.15, 0.2) is 12.5 Å². The molecule has 2 heterocycles. The minimum absolute atomic E-state index is 0.0713. The van der Waals surface area contributed by atoms with E-state index in [9.17, 15) is 33.6 Å². The van der Waals surface area contributed by atoms with E-state index in [1.165, 1.54) is 16.8 Å². The zero-order chi connectivity index (χ0) is 48.2. The molecule has 2 saturated heterocycles. The lowest BCUT2D eigenvalue weighted by Crippen LogP contribution is -2.60. The van der Waals surface area contributed by atoms with E-state index in [2.05, 4.69) is 21.9 Å². The third-order valence-electron chi connectivity index (χ3n) is 11.7. The fourth-order valence-electron chi connectivity index (χ4n) is 7.55. The summed E-state index contributed by atoms with van der Waals surface area (Å²) in [7, 11) is 1.53. The predicted octanol–water partition coefficient (Wildman–Crippen LogP) is 3.06. The number of ketones is 1. The normalized spacial score (nSPS) is 17.6. The zero-order valence-corrected chi connectivity index (χ0v) is 39.6. The lowest BCUT2D eigenvalue weighted by Gasteiger charge is -2.34. The van der Waals surface area contributed by atoms with Crippen LogP contribution < -0.4 is 16.0 Å². The van der Waals surface area contributed by atoms with E-state index in [-0.39, 0.29) is 75.3 Å². The number of carbonyl (C=O) groups excluding carboxylic acids is 7. The van der Waals surface area contributed by atoms with Crippen molar-refractivity contribution in [2.45, 2.75) is 116 Å². The summed E-state index contributed by atoms with van der Waals surface area (Å²) in [5, 5.41) is 8.75. The second-order valence-corrected chi connectivity index (χ2v) is 18.2. The summed E-state index contributed by atoms with van der Waals surface area (Å²) in [6.07, 6.45) is 6.66. The van der Waals surface area contributed by atoms with Crippen LogP contribution in [0.1, 0.15) is 84.3 Å². The molecule has 3 N–H and O–H groups in total. The Kier molecular flexibility index (Phi) is 21.3. The molecular formula is C50H70N6O10. The molecule has 16 heteroatoms. The number of benzene rings is 2. The number of rotatable bonds is 27. The van der Waals surface area contributed by atoms with Gasteiger partial charge in [-0.3, -0.25) is 43.4 Å². The van der Waals surface area contributed by atoms with Crippen LogP contribution >= 0.6 is 0 Å². The first-order valence-electron chi connectivity index (χ1n) is 23.1. The number of terminal acetylenes is 1. The molecule has 0 aromatic heterocycles. The molecule has 66 heavy (non-hydrogen) atoms. The standard InChI is InChI=1S/C50H70N6O10/c1-8-25-54(7)43(57)23-24-45(59)65-34-56(44(58)32-55-26-28-64-29-27-55)42(22-20-37-15-11-9-12-16-37)49(63)53-40(30-36(4)5)47(61)52-41(31-38-17-13-10-14-18-38)48(62)51-39(21-19-35(2)3)46(60)50(6)33-66-50/h1,9-18,35-36,39-42H,19-34H2,2-7H3,(H,51,62)(H,52,61)(H,53,63)/t39-,40-,41-,42-,50+/m0/s1. The molecule has 16 nitrogen and oxygen atoms in total. The number of aryl methyl sites for hydroxylation is 1. The molecule has 5 atom stereocenters. The van der Waals surface area contributed by atoms with Gasteiger partial charge in [-0.2, -0.15) is 0 Å². The molecule has 0 radical (unpaired) electrons. The number of epoxide rings is 1. The molecule has 0 aliphatic carbocycles. The fraction of sp³-hybridized carbons (Fsp3) is 0.580. The fourth-order valence-corrected chi connectivity index (χ4v) is 7.55. The van der Waals surface area contributed by atoms with Gasteiger partial charge < -0.3 is 35.1 Å². The van der Waals surface area contributed by atoms with Gasteiger partial charge >= 0.3 is 5.97 Å². The number of hydrogen-bond donors (Lipinski definition) is 3. The topological polar surface area (TPSA) is 196 Å². The summed E-state index contributed by atoms with van der Waals surface area (Å²) in [6.45, 7) is 11.0.